The number of carbonyl (C=O) groups excluding carboxylic acids is 1. The molecule has 0 amide bonds. The van der Waals surface area contributed by atoms with Gasteiger partial charge in [-0.25, -0.2) is 4.79 Å². The molecule has 0 radical (unpaired) electrons. The van der Waals surface area contributed by atoms with Crippen molar-refractivity contribution in [2.45, 2.75) is 13.0 Å². The highest BCUT2D eigenvalue weighted by Crippen LogP contribution is 2.16. The fourth-order valence-electron chi connectivity index (χ4n) is 2.39. The molecule has 0 saturated carbocycles. The van der Waals surface area contributed by atoms with E-state index in [0.29, 0.717) is 5.75 Å². The van der Waals surface area contributed by atoms with Gasteiger partial charge in [-0.3, -0.25) is 0 Å². The molecule has 1 N–H and O–H groups in total. The van der Waals surface area contributed by atoms with Gasteiger partial charge in [-0.2, -0.15) is 0 Å². The minimum absolute atomic E-state index is 0.0882. The van der Waals surface area contributed by atoms with Gasteiger partial charge in [0.1, 0.15) is 37.2 Å². The lowest BCUT2D eigenvalue weighted by Crippen LogP contribution is -3.15. The molecule has 0 bridgehead atoms. The molecule has 122 valence electrons. The van der Waals surface area contributed by atoms with Crippen LogP contribution in [0, 0.1) is 0 Å². The summed E-state index contributed by atoms with van der Waals surface area (Å²) in [5.74, 6) is 1.01. The average molecular weight is 310 g/mol. The first-order valence-corrected chi connectivity index (χ1v) is 7.55. The van der Waals surface area contributed by atoms with Crippen molar-refractivity contribution in [2.75, 3.05) is 46.6 Å². The van der Waals surface area contributed by atoms with Gasteiger partial charge in [-0.15, -0.1) is 0 Å². The van der Waals surface area contributed by atoms with Crippen molar-refractivity contribution in [2.24, 2.45) is 0 Å². The van der Waals surface area contributed by atoms with Crippen molar-refractivity contribution in [3.8, 4) is 11.5 Å². The number of morpholine rings is 1. The SMILES string of the molecule is COc1ccc(OCC(=O)O[C@@H](C)C[NH+]2CCOCC2)cc1. The van der Waals surface area contributed by atoms with Gasteiger partial charge in [0.05, 0.1) is 20.3 Å². The Balaban J connectivity index is 1.67. The lowest BCUT2D eigenvalue weighted by molar-refractivity contribution is -0.910. The molecular formula is C16H24NO5+. The van der Waals surface area contributed by atoms with Crippen molar-refractivity contribution >= 4 is 5.97 Å². The highest BCUT2D eigenvalue weighted by atomic mass is 16.6. The predicted molar refractivity (Wildman–Crippen MR) is 80.4 cm³/mol. The van der Waals surface area contributed by atoms with Crippen LogP contribution in [-0.2, 0) is 14.3 Å². The standard InChI is InChI=1S/C16H23NO5/c1-13(11-17-7-9-20-10-8-17)22-16(18)12-21-15-5-3-14(19-2)4-6-15/h3-6,13H,7-12H2,1-2H3/p+1/t13-/m0/s1. The number of nitrogens with one attached hydrogen (secondary N) is 1. The molecule has 1 aromatic carbocycles. The fraction of sp³-hybridized carbons (Fsp3) is 0.562. The molecule has 22 heavy (non-hydrogen) atoms. The van der Waals surface area contributed by atoms with Gasteiger partial charge >= 0.3 is 5.97 Å². The third-order valence-corrected chi connectivity index (χ3v) is 3.52. The molecule has 0 unspecified atom stereocenters. The van der Waals surface area contributed by atoms with Crippen LogP contribution in [-0.4, -0.2) is 58.6 Å². The molecule has 1 aliphatic rings. The van der Waals surface area contributed by atoms with Crippen LogP contribution in [0.2, 0.25) is 0 Å². The number of hydrogen-bond donors (Lipinski definition) is 1. The van der Waals surface area contributed by atoms with E-state index in [9.17, 15) is 4.79 Å². The van der Waals surface area contributed by atoms with Crippen molar-refractivity contribution in [1.82, 2.24) is 0 Å². The number of rotatable bonds is 7. The summed E-state index contributed by atoms with van der Waals surface area (Å²) in [5.41, 5.74) is 0. The summed E-state index contributed by atoms with van der Waals surface area (Å²) in [7, 11) is 1.60. The maximum atomic E-state index is 11.8. The van der Waals surface area contributed by atoms with E-state index < -0.39 is 0 Å². The molecule has 6 nitrogen and oxygen atoms in total. The third kappa shape index (κ3) is 5.54. The first kappa shape index (κ1) is 16.6. The quantitative estimate of drug-likeness (QED) is 0.714. The fourth-order valence-corrected chi connectivity index (χ4v) is 2.39. The van der Waals surface area contributed by atoms with Crippen molar-refractivity contribution in [3.05, 3.63) is 24.3 Å². The Kier molecular flexibility index (Phi) is 6.48. The summed E-state index contributed by atoms with van der Waals surface area (Å²) >= 11 is 0. The van der Waals surface area contributed by atoms with Gasteiger partial charge in [0.15, 0.2) is 6.61 Å². The number of esters is 1. The molecule has 1 aliphatic heterocycles. The van der Waals surface area contributed by atoms with E-state index >= 15 is 0 Å². The van der Waals surface area contributed by atoms with E-state index in [1.54, 1.807) is 31.4 Å². The van der Waals surface area contributed by atoms with E-state index in [1.807, 2.05) is 6.92 Å². The lowest BCUT2D eigenvalue weighted by Gasteiger charge is -2.26. The van der Waals surface area contributed by atoms with Crippen LogP contribution in [0.1, 0.15) is 6.92 Å². The molecule has 2 rings (SSSR count). The third-order valence-electron chi connectivity index (χ3n) is 3.52. The second kappa shape index (κ2) is 8.60. The first-order chi connectivity index (χ1) is 10.7. The van der Waals surface area contributed by atoms with Crippen LogP contribution >= 0.6 is 0 Å². The lowest BCUT2D eigenvalue weighted by atomic mass is 10.3. The van der Waals surface area contributed by atoms with Crippen LogP contribution in [0.4, 0.5) is 0 Å². The molecule has 0 aliphatic carbocycles. The summed E-state index contributed by atoms with van der Waals surface area (Å²) in [5, 5.41) is 0. The molecule has 1 fully saturated rings. The topological polar surface area (TPSA) is 58.4 Å². The van der Waals surface area contributed by atoms with Gasteiger partial charge in [-0.05, 0) is 31.2 Å². The van der Waals surface area contributed by atoms with Crippen LogP contribution in [0.5, 0.6) is 11.5 Å². The van der Waals surface area contributed by atoms with Gasteiger partial charge in [0.25, 0.3) is 0 Å². The van der Waals surface area contributed by atoms with Crippen LogP contribution in [0.15, 0.2) is 24.3 Å². The second-order valence-electron chi connectivity index (χ2n) is 5.33. The monoisotopic (exact) mass is 310 g/mol. The Morgan fingerprint density at radius 2 is 1.86 bits per heavy atom. The zero-order chi connectivity index (χ0) is 15.8. The maximum absolute atomic E-state index is 11.8. The Morgan fingerprint density at radius 3 is 2.50 bits per heavy atom. The Labute approximate surface area is 130 Å². The summed E-state index contributed by atoms with van der Waals surface area (Å²) in [6.07, 6.45) is -0.125. The maximum Gasteiger partial charge on any atom is 0.344 e. The number of hydrogen-bond acceptors (Lipinski definition) is 5. The average Bonchev–Trinajstić information content (AvgIpc) is 2.54. The zero-order valence-corrected chi connectivity index (χ0v) is 13.2. The molecule has 1 atom stereocenters. The summed E-state index contributed by atoms with van der Waals surface area (Å²) in [4.78, 5) is 13.2. The van der Waals surface area contributed by atoms with E-state index in [-0.39, 0.29) is 18.7 Å². The van der Waals surface area contributed by atoms with Crippen molar-refractivity contribution < 1.29 is 28.6 Å². The Morgan fingerprint density at radius 1 is 1.23 bits per heavy atom. The molecule has 1 saturated heterocycles. The van der Waals surface area contributed by atoms with E-state index in [2.05, 4.69) is 0 Å². The number of methoxy groups -OCH3 is 1. The molecule has 0 aromatic heterocycles. The summed E-state index contributed by atoms with van der Waals surface area (Å²) < 4.78 is 21.1. The molecular weight excluding hydrogens is 286 g/mol. The first-order valence-electron chi connectivity index (χ1n) is 7.55. The van der Waals surface area contributed by atoms with Gasteiger partial charge < -0.3 is 23.8 Å². The summed E-state index contributed by atoms with van der Waals surface area (Å²) in [6.45, 7) is 6.10. The van der Waals surface area contributed by atoms with Crippen molar-refractivity contribution in [3.63, 3.8) is 0 Å². The highest BCUT2D eigenvalue weighted by molar-refractivity contribution is 5.71. The van der Waals surface area contributed by atoms with Crippen LogP contribution in [0.3, 0.4) is 0 Å². The Hall–Kier alpha value is -1.79. The highest BCUT2D eigenvalue weighted by Gasteiger charge is 2.19. The molecule has 1 aromatic rings. The molecule has 6 heteroatoms. The van der Waals surface area contributed by atoms with Crippen LogP contribution < -0.4 is 14.4 Å². The smallest absolute Gasteiger partial charge is 0.344 e. The van der Waals surface area contributed by atoms with E-state index in [0.717, 1.165) is 38.6 Å². The predicted octanol–water partition coefficient (Wildman–Crippen LogP) is -0.0792. The summed E-state index contributed by atoms with van der Waals surface area (Å²) in [6, 6.07) is 7.08. The molecule has 1 heterocycles. The van der Waals surface area contributed by atoms with E-state index in [1.165, 1.54) is 4.90 Å². The van der Waals surface area contributed by atoms with Gasteiger partial charge in [-0.1, -0.05) is 0 Å². The second-order valence-corrected chi connectivity index (χ2v) is 5.33. The van der Waals surface area contributed by atoms with E-state index in [4.69, 9.17) is 18.9 Å². The number of carbonyl (C=O) groups is 1. The van der Waals surface area contributed by atoms with Gasteiger partial charge in [0, 0.05) is 0 Å². The largest absolute Gasteiger partial charge is 0.497 e. The normalized spacial score (nSPS) is 16.8. The minimum Gasteiger partial charge on any atom is -0.497 e. The zero-order valence-electron chi connectivity index (χ0n) is 13.2. The van der Waals surface area contributed by atoms with Crippen molar-refractivity contribution in [1.29, 1.82) is 0 Å². The van der Waals surface area contributed by atoms with Crippen LogP contribution in [0.25, 0.3) is 0 Å². The number of benzene rings is 1. The molecule has 0 spiro atoms. The minimum atomic E-state index is -0.351. The number of quaternary nitrogens is 1. The Bertz CT molecular complexity index is 456. The van der Waals surface area contributed by atoms with Gasteiger partial charge in [0.2, 0.25) is 0 Å². The number of ether oxygens (including phenoxy) is 4.